The maximum atomic E-state index is 13.3. The van der Waals surface area contributed by atoms with Gasteiger partial charge in [0, 0.05) is 60.4 Å². The summed E-state index contributed by atoms with van der Waals surface area (Å²) in [5.41, 5.74) is 5.55. The van der Waals surface area contributed by atoms with E-state index >= 15 is 0 Å². The number of hydrogen-bond acceptors (Lipinski definition) is 4. The topological polar surface area (TPSA) is 66.4 Å². The summed E-state index contributed by atoms with van der Waals surface area (Å²) in [7, 11) is 0. The number of benzene rings is 2. The number of aryl methyl sites for hydroxylation is 2. The summed E-state index contributed by atoms with van der Waals surface area (Å²) in [4.78, 5) is 38.8. The van der Waals surface area contributed by atoms with Crippen LogP contribution in [-0.2, 0) is 22.4 Å². The molecule has 4 aromatic rings. The number of amides is 2. The number of rotatable bonds is 10. The van der Waals surface area contributed by atoms with E-state index in [1.165, 1.54) is 12.2 Å². The van der Waals surface area contributed by atoms with E-state index in [-0.39, 0.29) is 11.8 Å². The molecule has 0 fully saturated rings. The lowest BCUT2D eigenvalue weighted by atomic mass is 10.1. The third-order valence-corrected chi connectivity index (χ3v) is 6.23. The lowest BCUT2D eigenvalue weighted by Crippen LogP contribution is -2.33. The molecule has 0 unspecified atom stereocenters. The van der Waals surface area contributed by atoms with Crippen molar-refractivity contribution in [2.45, 2.75) is 26.7 Å². The van der Waals surface area contributed by atoms with Crippen LogP contribution in [0, 0.1) is 13.8 Å². The average molecular weight is 505 g/mol. The van der Waals surface area contributed by atoms with Gasteiger partial charge in [-0.25, -0.2) is 0 Å². The summed E-state index contributed by atoms with van der Waals surface area (Å²) >= 11 is 0. The minimum absolute atomic E-state index is 0.250. The monoisotopic (exact) mass is 504 g/mol. The van der Waals surface area contributed by atoms with Crippen LogP contribution in [0.4, 0.5) is 11.4 Å². The van der Waals surface area contributed by atoms with E-state index in [1.54, 1.807) is 9.80 Å². The smallest absolute Gasteiger partial charge is 0.251 e. The quantitative estimate of drug-likeness (QED) is 0.268. The summed E-state index contributed by atoms with van der Waals surface area (Å²) in [6.07, 6.45) is 7.71. The molecule has 0 saturated heterocycles. The highest BCUT2D eigenvalue weighted by Crippen LogP contribution is 2.17. The minimum atomic E-state index is -0.250. The standard InChI is InChI=1S/C32H32N4O2/c1-25-13-15-27(23-33-25)19-21-35(29-9-5-3-6-10-29)31(37)17-18-32(38)36(30-11-7-4-8-12-30)22-20-28-16-14-26(2)34-24-28/h3-18,23-24H,19-22H2,1-2H3/b18-17-. The molecule has 2 heterocycles. The van der Waals surface area contributed by atoms with Gasteiger partial charge in [0.25, 0.3) is 11.8 Å². The molecular formula is C32H32N4O2. The summed E-state index contributed by atoms with van der Waals surface area (Å²) < 4.78 is 0. The summed E-state index contributed by atoms with van der Waals surface area (Å²) in [6, 6.07) is 27.0. The molecule has 192 valence electrons. The van der Waals surface area contributed by atoms with Crippen LogP contribution in [0.25, 0.3) is 0 Å². The first-order valence-corrected chi connectivity index (χ1v) is 12.7. The van der Waals surface area contributed by atoms with Crippen LogP contribution in [0.2, 0.25) is 0 Å². The fourth-order valence-corrected chi connectivity index (χ4v) is 4.05. The second-order valence-corrected chi connectivity index (χ2v) is 9.10. The van der Waals surface area contributed by atoms with Gasteiger partial charge in [-0.15, -0.1) is 0 Å². The van der Waals surface area contributed by atoms with Crippen LogP contribution in [0.5, 0.6) is 0 Å². The molecule has 0 N–H and O–H groups in total. The van der Waals surface area contributed by atoms with Gasteiger partial charge in [-0.1, -0.05) is 48.5 Å². The van der Waals surface area contributed by atoms with Gasteiger partial charge in [0.2, 0.25) is 0 Å². The first-order chi connectivity index (χ1) is 18.5. The number of anilines is 2. The van der Waals surface area contributed by atoms with E-state index in [0.717, 1.165) is 33.9 Å². The second kappa shape index (κ2) is 13.1. The Kier molecular flexibility index (Phi) is 9.13. The maximum Gasteiger partial charge on any atom is 0.251 e. The van der Waals surface area contributed by atoms with Crippen molar-refractivity contribution in [1.29, 1.82) is 0 Å². The van der Waals surface area contributed by atoms with Crippen LogP contribution in [0.1, 0.15) is 22.5 Å². The predicted molar refractivity (Wildman–Crippen MR) is 152 cm³/mol. The Balaban J connectivity index is 1.49. The molecule has 2 aromatic heterocycles. The fraction of sp³-hybridized carbons (Fsp3) is 0.188. The molecule has 6 nitrogen and oxygen atoms in total. The van der Waals surface area contributed by atoms with Gasteiger partial charge in [0.05, 0.1) is 0 Å². The lowest BCUT2D eigenvalue weighted by Gasteiger charge is -2.23. The van der Waals surface area contributed by atoms with Gasteiger partial charge in [-0.3, -0.25) is 19.6 Å². The average Bonchev–Trinajstić information content (AvgIpc) is 2.95. The van der Waals surface area contributed by atoms with Crippen LogP contribution in [-0.4, -0.2) is 34.9 Å². The Morgan fingerprint density at radius 2 is 1.00 bits per heavy atom. The van der Waals surface area contributed by atoms with Crippen LogP contribution in [0.15, 0.2) is 109 Å². The van der Waals surface area contributed by atoms with E-state index in [9.17, 15) is 9.59 Å². The molecule has 2 amide bonds. The van der Waals surface area contributed by atoms with E-state index in [1.807, 2.05) is 111 Å². The van der Waals surface area contributed by atoms with Crippen molar-refractivity contribution >= 4 is 23.2 Å². The van der Waals surface area contributed by atoms with Crippen molar-refractivity contribution in [3.63, 3.8) is 0 Å². The molecule has 0 spiro atoms. The summed E-state index contributed by atoms with van der Waals surface area (Å²) in [5, 5.41) is 0. The molecule has 0 bridgehead atoms. The zero-order valence-corrected chi connectivity index (χ0v) is 21.8. The van der Waals surface area contributed by atoms with Gasteiger partial charge < -0.3 is 9.80 Å². The lowest BCUT2D eigenvalue weighted by molar-refractivity contribution is -0.116. The van der Waals surface area contributed by atoms with Crippen molar-refractivity contribution in [1.82, 2.24) is 9.97 Å². The third kappa shape index (κ3) is 7.46. The van der Waals surface area contributed by atoms with Gasteiger partial charge >= 0.3 is 0 Å². The summed E-state index contributed by atoms with van der Waals surface area (Å²) in [6.45, 7) is 4.83. The number of carbonyl (C=O) groups excluding carboxylic acids is 2. The predicted octanol–water partition coefficient (Wildman–Crippen LogP) is 5.50. The van der Waals surface area contributed by atoms with Gasteiger partial charge in [0.15, 0.2) is 0 Å². The zero-order valence-electron chi connectivity index (χ0n) is 21.8. The van der Waals surface area contributed by atoms with Crippen LogP contribution < -0.4 is 9.80 Å². The van der Waals surface area contributed by atoms with Crippen LogP contribution in [0.3, 0.4) is 0 Å². The van der Waals surface area contributed by atoms with E-state index in [4.69, 9.17) is 0 Å². The number of hydrogen-bond donors (Lipinski definition) is 0. The zero-order chi connectivity index (χ0) is 26.7. The maximum absolute atomic E-state index is 13.3. The normalized spacial score (nSPS) is 10.9. The Morgan fingerprint density at radius 3 is 1.34 bits per heavy atom. The second-order valence-electron chi connectivity index (χ2n) is 9.10. The summed E-state index contributed by atoms with van der Waals surface area (Å²) in [5.74, 6) is -0.499. The molecule has 4 rings (SSSR count). The molecular weight excluding hydrogens is 472 g/mol. The minimum Gasteiger partial charge on any atom is -0.309 e. The van der Waals surface area contributed by atoms with E-state index in [2.05, 4.69) is 9.97 Å². The highest BCUT2D eigenvalue weighted by atomic mass is 16.2. The molecule has 2 aromatic carbocycles. The van der Waals surface area contributed by atoms with Gasteiger partial charge in [-0.05, 0) is 74.2 Å². The number of carbonyl (C=O) groups is 2. The van der Waals surface area contributed by atoms with Crippen molar-refractivity contribution in [3.8, 4) is 0 Å². The number of pyridine rings is 2. The Bertz CT molecular complexity index is 1250. The number of para-hydroxylation sites is 2. The SMILES string of the molecule is Cc1ccc(CCN(C(=O)/C=C\C(=O)N(CCc2ccc(C)nc2)c2ccccc2)c2ccccc2)cn1. The Morgan fingerprint density at radius 1 is 0.605 bits per heavy atom. The largest absolute Gasteiger partial charge is 0.309 e. The highest BCUT2D eigenvalue weighted by molar-refractivity contribution is 6.08. The first kappa shape index (κ1) is 26.5. The van der Waals surface area contributed by atoms with E-state index in [0.29, 0.717) is 25.9 Å². The molecule has 6 heteroatoms. The highest BCUT2D eigenvalue weighted by Gasteiger charge is 2.17. The first-order valence-electron chi connectivity index (χ1n) is 12.7. The van der Waals surface area contributed by atoms with E-state index < -0.39 is 0 Å². The molecule has 0 aliphatic rings. The Hall–Kier alpha value is -4.58. The number of aromatic nitrogens is 2. The molecule has 0 atom stereocenters. The fourth-order valence-electron chi connectivity index (χ4n) is 4.05. The number of nitrogens with zero attached hydrogens (tertiary/aromatic N) is 4. The molecule has 38 heavy (non-hydrogen) atoms. The Labute approximate surface area is 224 Å². The van der Waals surface area contributed by atoms with Crippen molar-refractivity contribution < 1.29 is 9.59 Å². The molecule has 0 aliphatic carbocycles. The molecule has 0 radical (unpaired) electrons. The van der Waals surface area contributed by atoms with Crippen molar-refractivity contribution in [2.75, 3.05) is 22.9 Å². The van der Waals surface area contributed by atoms with Crippen molar-refractivity contribution in [2.24, 2.45) is 0 Å². The van der Waals surface area contributed by atoms with Crippen molar-refractivity contribution in [3.05, 3.63) is 132 Å². The third-order valence-electron chi connectivity index (χ3n) is 6.23. The van der Waals surface area contributed by atoms with Crippen LogP contribution >= 0.6 is 0 Å². The molecule has 0 aliphatic heterocycles. The molecule has 0 saturated carbocycles. The van der Waals surface area contributed by atoms with Gasteiger partial charge in [0.1, 0.15) is 0 Å². The van der Waals surface area contributed by atoms with Gasteiger partial charge in [-0.2, -0.15) is 0 Å².